The van der Waals surface area contributed by atoms with Gasteiger partial charge in [0.1, 0.15) is 0 Å². The number of hydrogen-bond donors (Lipinski definition) is 2. The molecule has 1 fully saturated rings. The summed E-state index contributed by atoms with van der Waals surface area (Å²) in [6.07, 6.45) is 2.38. The van der Waals surface area contributed by atoms with E-state index in [-0.39, 0.29) is 23.0 Å². The Balaban J connectivity index is 1.57. The van der Waals surface area contributed by atoms with Gasteiger partial charge in [0.15, 0.2) is 5.17 Å². The Hall–Kier alpha value is -1.01. The van der Waals surface area contributed by atoms with Crippen LogP contribution in [0.4, 0.5) is 0 Å². The number of carbonyl (C=O) groups is 1. The Morgan fingerprint density at radius 3 is 2.77 bits per heavy atom. The third kappa shape index (κ3) is 3.49. The first-order chi connectivity index (χ1) is 10.2. The van der Waals surface area contributed by atoms with Gasteiger partial charge in [-0.05, 0) is 45.9 Å². The number of fused-ring (bicyclic) bond motifs is 1. The van der Waals surface area contributed by atoms with E-state index in [0.29, 0.717) is 6.42 Å². The number of amides is 1. The maximum Gasteiger partial charge on any atom is 0.226 e. The van der Waals surface area contributed by atoms with Crippen LogP contribution in [0.15, 0.2) is 16.1 Å². The Morgan fingerprint density at radius 1 is 1.41 bits per heavy atom. The highest BCUT2D eigenvalue weighted by molar-refractivity contribution is 8.16. The van der Waals surface area contributed by atoms with Crippen molar-refractivity contribution in [2.45, 2.75) is 64.1 Å². The van der Waals surface area contributed by atoms with Gasteiger partial charge in [-0.25, -0.2) is 0 Å². The highest BCUT2D eigenvalue weighted by atomic mass is 32.2. The Morgan fingerprint density at radius 2 is 2.09 bits per heavy atom. The van der Waals surface area contributed by atoms with Crippen molar-refractivity contribution >= 4 is 22.8 Å². The minimum Gasteiger partial charge on any atom is -0.353 e. The molecule has 0 aromatic rings. The van der Waals surface area contributed by atoms with Gasteiger partial charge in [-0.3, -0.25) is 9.79 Å². The number of piperidine rings is 1. The molecule has 0 atom stereocenters. The van der Waals surface area contributed by atoms with Crippen LogP contribution in [0.5, 0.6) is 0 Å². The van der Waals surface area contributed by atoms with Crippen molar-refractivity contribution in [2.24, 2.45) is 4.99 Å². The molecule has 0 aromatic heterocycles. The summed E-state index contributed by atoms with van der Waals surface area (Å²) in [7, 11) is 0. The van der Waals surface area contributed by atoms with Crippen LogP contribution >= 0.6 is 11.8 Å². The summed E-state index contributed by atoms with van der Waals surface area (Å²) < 4.78 is 0. The third-order valence-corrected chi connectivity index (χ3v) is 5.30. The van der Waals surface area contributed by atoms with Crippen LogP contribution < -0.4 is 10.6 Å². The lowest BCUT2D eigenvalue weighted by atomic mass is 9.79. The zero-order chi connectivity index (χ0) is 16.0. The smallest absolute Gasteiger partial charge is 0.226 e. The van der Waals surface area contributed by atoms with Crippen molar-refractivity contribution in [2.75, 3.05) is 13.1 Å². The first-order valence-electron chi connectivity index (χ1n) is 8.01. The second-order valence-corrected chi connectivity index (χ2v) is 8.62. The zero-order valence-electron chi connectivity index (χ0n) is 13.9. The molecule has 122 valence electrons. The fourth-order valence-corrected chi connectivity index (χ4v) is 4.94. The number of thioether (sulfide) groups is 1. The summed E-state index contributed by atoms with van der Waals surface area (Å²) in [6, 6.07) is 0.236. The van der Waals surface area contributed by atoms with Crippen molar-refractivity contribution < 1.29 is 4.79 Å². The highest BCUT2D eigenvalue weighted by Gasteiger charge is 2.38. The molecule has 3 aliphatic rings. The van der Waals surface area contributed by atoms with E-state index in [1.807, 2.05) is 0 Å². The summed E-state index contributed by atoms with van der Waals surface area (Å²) in [4.78, 5) is 19.0. The van der Waals surface area contributed by atoms with Crippen LogP contribution in [0.2, 0.25) is 0 Å². The molecule has 0 saturated carbocycles. The first-order valence-corrected chi connectivity index (χ1v) is 8.88. The summed E-state index contributed by atoms with van der Waals surface area (Å²) in [5, 5.41) is 10.0. The number of nitrogens with zero attached hydrogens (tertiary/aromatic N) is 2. The van der Waals surface area contributed by atoms with Gasteiger partial charge in [0.05, 0.1) is 13.0 Å². The van der Waals surface area contributed by atoms with Crippen molar-refractivity contribution in [1.29, 1.82) is 0 Å². The van der Waals surface area contributed by atoms with Gasteiger partial charge >= 0.3 is 0 Å². The Bertz CT molecular complexity index is 522. The molecule has 0 aliphatic carbocycles. The molecule has 22 heavy (non-hydrogen) atoms. The van der Waals surface area contributed by atoms with Crippen molar-refractivity contribution in [3.63, 3.8) is 0 Å². The predicted molar refractivity (Wildman–Crippen MR) is 91.8 cm³/mol. The van der Waals surface area contributed by atoms with Gasteiger partial charge in [0, 0.05) is 29.4 Å². The van der Waals surface area contributed by atoms with E-state index < -0.39 is 0 Å². The van der Waals surface area contributed by atoms with Crippen LogP contribution in [0.1, 0.15) is 47.0 Å². The minimum absolute atomic E-state index is 0.0525. The summed E-state index contributed by atoms with van der Waals surface area (Å²) in [5.41, 5.74) is 1.19. The van der Waals surface area contributed by atoms with Gasteiger partial charge in [0.25, 0.3) is 0 Å². The lowest BCUT2D eigenvalue weighted by Crippen LogP contribution is -2.62. The molecule has 1 saturated heterocycles. The molecular weight excluding hydrogens is 296 g/mol. The molecule has 0 unspecified atom stereocenters. The van der Waals surface area contributed by atoms with Crippen LogP contribution in [0, 0.1) is 0 Å². The highest BCUT2D eigenvalue weighted by Crippen LogP contribution is 2.31. The molecule has 3 aliphatic heterocycles. The average Bonchev–Trinajstić information content (AvgIpc) is 2.89. The standard InChI is InChI=1S/C16H26N4OS/c1-15(2)8-11(9-16(3,4)19-15)18-13(21)7-12-10-22-14-17-5-6-20(12)14/h10-11,19H,5-9H2,1-4H3,(H,18,21). The molecule has 3 heterocycles. The Labute approximate surface area is 137 Å². The quantitative estimate of drug-likeness (QED) is 0.835. The molecular formula is C16H26N4OS. The number of amidine groups is 1. The molecule has 0 bridgehead atoms. The Kier molecular flexibility index (Phi) is 4.01. The molecule has 0 aromatic carbocycles. The summed E-state index contributed by atoms with van der Waals surface area (Å²) in [5.74, 6) is 0.124. The van der Waals surface area contributed by atoms with Crippen LogP contribution in [-0.4, -0.2) is 46.2 Å². The second-order valence-electron chi connectivity index (χ2n) is 7.79. The first kappa shape index (κ1) is 15.9. The SMILES string of the molecule is CC1(C)CC(NC(=O)CC2=CSC3=NCCN23)CC(C)(C)N1. The van der Waals surface area contributed by atoms with E-state index >= 15 is 0 Å². The van der Waals surface area contributed by atoms with Crippen LogP contribution in [-0.2, 0) is 4.79 Å². The van der Waals surface area contributed by atoms with E-state index in [9.17, 15) is 4.79 Å². The molecule has 3 rings (SSSR count). The van der Waals surface area contributed by atoms with E-state index in [4.69, 9.17) is 0 Å². The topological polar surface area (TPSA) is 56.7 Å². The third-order valence-electron chi connectivity index (χ3n) is 4.35. The monoisotopic (exact) mass is 322 g/mol. The minimum atomic E-state index is 0.0525. The van der Waals surface area contributed by atoms with Crippen LogP contribution in [0.25, 0.3) is 0 Å². The van der Waals surface area contributed by atoms with E-state index in [1.54, 1.807) is 11.8 Å². The second kappa shape index (κ2) is 5.57. The molecule has 1 amide bonds. The van der Waals surface area contributed by atoms with Crippen LogP contribution in [0.3, 0.4) is 0 Å². The fourth-order valence-electron chi connectivity index (χ4n) is 3.98. The van der Waals surface area contributed by atoms with Gasteiger partial charge in [-0.15, -0.1) is 0 Å². The van der Waals surface area contributed by atoms with Gasteiger partial charge in [-0.1, -0.05) is 11.8 Å². The average molecular weight is 322 g/mol. The largest absolute Gasteiger partial charge is 0.353 e. The van der Waals surface area contributed by atoms with E-state index in [1.165, 1.54) is 0 Å². The molecule has 2 N–H and O–H groups in total. The summed E-state index contributed by atoms with van der Waals surface area (Å²) in [6.45, 7) is 10.6. The maximum atomic E-state index is 12.4. The van der Waals surface area contributed by atoms with Crippen molar-refractivity contribution in [3.8, 4) is 0 Å². The van der Waals surface area contributed by atoms with Gasteiger partial charge in [-0.2, -0.15) is 0 Å². The van der Waals surface area contributed by atoms with Gasteiger partial charge in [0.2, 0.25) is 5.91 Å². The number of hydrogen-bond acceptors (Lipinski definition) is 5. The van der Waals surface area contributed by atoms with E-state index in [2.05, 4.69) is 53.6 Å². The maximum absolute atomic E-state index is 12.4. The number of rotatable bonds is 3. The normalized spacial score (nSPS) is 26.5. The lowest BCUT2D eigenvalue weighted by Gasteiger charge is -2.46. The number of aliphatic imine (C=N–C) groups is 1. The number of nitrogens with one attached hydrogen (secondary N) is 2. The molecule has 5 nitrogen and oxygen atoms in total. The molecule has 0 spiro atoms. The molecule has 6 heteroatoms. The van der Waals surface area contributed by atoms with E-state index in [0.717, 1.165) is 36.8 Å². The van der Waals surface area contributed by atoms with Crippen molar-refractivity contribution in [1.82, 2.24) is 15.5 Å². The zero-order valence-corrected chi connectivity index (χ0v) is 14.7. The van der Waals surface area contributed by atoms with Crippen molar-refractivity contribution in [3.05, 3.63) is 11.1 Å². The number of carbonyl (C=O) groups excluding carboxylic acids is 1. The van der Waals surface area contributed by atoms with Gasteiger partial charge < -0.3 is 15.5 Å². The lowest BCUT2D eigenvalue weighted by molar-refractivity contribution is -0.121. The summed E-state index contributed by atoms with van der Waals surface area (Å²) >= 11 is 1.63. The fraction of sp³-hybridized carbons (Fsp3) is 0.750. The molecule has 0 radical (unpaired) electrons. The predicted octanol–water partition coefficient (Wildman–Crippen LogP) is 2.06.